The Labute approximate surface area is 307 Å². The van der Waals surface area contributed by atoms with Gasteiger partial charge in [0, 0.05) is 97.7 Å². The van der Waals surface area contributed by atoms with Crippen molar-refractivity contribution in [2.24, 2.45) is 0 Å². The van der Waals surface area contributed by atoms with E-state index in [9.17, 15) is 9.59 Å². The van der Waals surface area contributed by atoms with E-state index in [0.717, 1.165) is 57.4 Å². The van der Waals surface area contributed by atoms with Gasteiger partial charge in [0.05, 0.1) is 43.3 Å². The van der Waals surface area contributed by atoms with E-state index in [2.05, 4.69) is 21.3 Å². The number of fused-ring (bicyclic) bond motifs is 1. The van der Waals surface area contributed by atoms with Crippen molar-refractivity contribution in [2.45, 2.75) is 50.9 Å². The maximum absolute atomic E-state index is 11.6. The summed E-state index contributed by atoms with van der Waals surface area (Å²) in [6.07, 6.45) is 6.56. The number of nitrogens with zero attached hydrogens (tertiary/aromatic N) is 3. The van der Waals surface area contributed by atoms with Crippen molar-refractivity contribution in [1.82, 2.24) is 35.8 Å². The molecule has 0 aliphatic carbocycles. The Bertz CT molecular complexity index is 2090. The second-order valence-corrected chi connectivity index (χ2v) is 13.4. The Morgan fingerprint density at radius 1 is 0.827 bits per heavy atom. The Balaban J connectivity index is 1.14. The maximum atomic E-state index is 11.6. The van der Waals surface area contributed by atoms with Gasteiger partial charge in [-0.05, 0) is 36.6 Å². The molecule has 2 aromatic carbocycles. The quantitative estimate of drug-likeness (QED) is 0.122. The molecule has 12 nitrogen and oxygen atoms in total. The second-order valence-electron chi connectivity index (χ2n) is 13.0. The zero-order valence-electron chi connectivity index (χ0n) is 29.4. The van der Waals surface area contributed by atoms with Crippen LogP contribution in [-0.4, -0.2) is 72.9 Å². The number of carbonyl (C=O) groups is 2. The van der Waals surface area contributed by atoms with Crippen LogP contribution in [0.2, 0.25) is 5.02 Å². The molecule has 0 spiro atoms. The van der Waals surface area contributed by atoms with Crippen molar-refractivity contribution >= 4 is 34.4 Å². The first-order valence-electron chi connectivity index (χ1n) is 17.4. The largest absolute Gasteiger partial charge is 0.496 e. The summed E-state index contributed by atoms with van der Waals surface area (Å²) in [5, 5.41) is 14.3. The topological polar surface area (TPSA) is 141 Å². The highest BCUT2D eigenvalue weighted by atomic mass is 35.5. The Kier molecular flexibility index (Phi) is 10.6. The fourth-order valence-electron chi connectivity index (χ4n) is 7.05. The van der Waals surface area contributed by atoms with Crippen LogP contribution in [0, 0.1) is 0 Å². The number of rotatable bonds is 14. The van der Waals surface area contributed by atoms with Gasteiger partial charge in [-0.25, -0.2) is 9.97 Å². The third-order valence-corrected chi connectivity index (χ3v) is 10.1. The maximum Gasteiger partial charge on any atom is 0.220 e. The highest BCUT2D eigenvalue weighted by Gasteiger charge is 2.23. The average molecular weight is 724 g/mol. The smallest absolute Gasteiger partial charge is 0.220 e. The van der Waals surface area contributed by atoms with Gasteiger partial charge in [0.1, 0.15) is 17.1 Å². The molecule has 2 saturated heterocycles. The number of hydrogen-bond donors (Lipinski definition) is 4. The van der Waals surface area contributed by atoms with Crippen molar-refractivity contribution < 1.29 is 23.8 Å². The first-order chi connectivity index (χ1) is 25.4. The predicted octanol–water partition coefficient (Wildman–Crippen LogP) is 5.17. The number of halogens is 1. The summed E-state index contributed by atoms with van der Waals surface area (Å²) >= 11 is 7.18. The summed E-state index contributed by atoms with van der Waals surface area (Å²) < 4.78 is 19.4. The molecule has 0 saturated carbocycles. The molecule has 4 N–H and O–H groups in total. The van der Waals surface area contributed by atoms with Crippen LogP contribution < -0.4 is 35.5 Å². The lowest BCUT2D eigenvalue weighted by Gasteiger charge is -2.18. The number of carbonyl (C=O) groups excluding carboxylic acids is 2. The van der Waals surface area contributed by atoms with Crippen LogP contribution in [-0.2, 0) is 22.7 Å². The summed E-state index contributed by atoms with van der Waals surface area (Å²) in [5.41, 5.74) is 6.64. The number of pyridine rings is 2. The zero-order chi connectivity index (χ0) is 36.2. The van der Waals surface area contributed by atoms with Crippen molar-refractivity contribution in [3.8, 4) is 45.5 Å². The molecule has 2 amide bonds. The Hall–Kier alpha value is -5.17. The summed E-state index contributed by atoms with van der Waals surface area (Å²) in [4.78, 5) is 32.7. The minimum absolute atomic E-state index is 0.0954. The van der Waals surface area contributed by atoms with Gasteiger partial charge in [-0.2, -0.15) is 0 Å². The normalized spacial score (nSPS) is 17.0. The van der Waals surface area contributed by atoms with E-state index >= 15 is 0 Å². The molecule has 2 fully saturated rings. The summed E-state index contributed by atoms with van der Waals surface area (Å²) in [6.45, 7) is 2.42. The van der Waals surface area contributed by atoms with Crippen LogP contribution in [0.25, 0.3) is 39.1 Å². The van der Waals surface area contributed by atoms with E-state index in [1.165, 1.54) is 0 Å². The minimum atomic E-state index is 0.0954. The number of benzene rings is 2. The van der Waals surface area contributed by atoms with E-state index in [0.29, 0.717) is 67.1 Å². The van der Waals surface area contributed by atoms with Crippen molar-refractivity contribution in [2.75, 3.05) is 34.4 Å². The van der Waals surface area contributed by atoms with Crippen LogP contribution in [0.1, 0.15) is 36.8 Å². The van der Waals surface area contributed by atoms with Gasteiger partial charge in [-0.3, -0.25) is 9.59 Å². The molecular weight excluding hydrogens is 682 g/mol. The molecule has 7 rings (SSSR count). The van der Waals surface area contributed by atoms with Gasteiger partial charge in [-0.15, -0.1) is 0 Å². The molecule has 0 unspecified atom stereocenters. The Morgan fingerprint density at radius 3 is 2.13 bits per heavy atom. The lowest BCUT2D eigenvalue weighted by molar-refractivity contribution is -0.120. The number of methoxy groups -OCH3 is 3. The third-order valence-electron chi connectivity index (χ3n) is 9.72. The predicted molar refractivity (Wildman–Crippen MR) is 200 cm³/mol. The van der Waals surface area contributed by atoms with Gasteiger partial charge in [-0.1, -0.05) is 35.9 Å². The van der Waals surface area contributed by atoms with Gasteiger partial charge in [0.2, 0.25) is 17.7 Å². The van der Waals surface area contributed by atoms with Gasteiger partial charge in [0.15, 0.2) is 0 Å². The fourth-order valence-corrected chi connectivity index (χ4v) is 7.37. The van der Waals surface area contributed by atoms with Gasteiger partial charge < -0.3 is 40.0 Å². The van der Waals surface area contributed by atoms with Crippen molar-refractivity contribution in [3.63, 3.8) is 0 Å². The van der Waals surface area contributed by atoms with Gasteiger partial charge >= 0.3 is 0 Å². The van der Waals surface area contributed by atoms with Crippen LogP contribution in [0.4, 0.5) is 0 Å². The summed E-state index contributed by atoms with van der Waals surface area (Å²) in [7, 11) is 4.90. The minimum Gasteiger partial charge on any atom is -0.496 e. The Morgan fingerprint density at radius 2 is 1.50 bits per heavy atom. The molecule has 0 radical (unpaired) electrons. The average Bonchev–Trinajstić information content (AvgIpc) is 3.91. The SMILES string of the molecule is COc1cc(-n2ccc3c(-c4cccc(-c5ccc(CNC[C@@H]6CCC(=O)N6)c(OC)n5)c4Cl)ccnc32)cc(OC)c1CNC[C@@H]1CCC(=O)N1. The molecule has 2 aliphatic rings. The summed E-state index contributed by atoms with van der Waals surface area (Å²) in [5.74, 6) is 2.07. The molecule has 270 valence electrons. The number of nitrogens with one attached hydrogen (secondary N) is 4. The van der Waals surface area contributed by atoms with E-state index in [-0.39, 0.29) is 23.9 Å². The van der Waals surface area contributed by atoms with E-state index in [1.807, 2.05) is 65.4 Å². The van der Waals surface area contributed by atoms with Crippen LogP contribution >= 0.6 is 11.6 Å². The van der Waals surface area contributed by atoms with E-state index in [1.54, 1.807) is 27.5 Å². The van der Waals surface area contributed by atoms with Crippen LogP contribution in [0.3, 0.4) is 0 Å². The second kappa shape index (κ2) is 15.6. The molecule has 13 heteroatoms. The molecule has 52 heavy (non-hydrogen) atoms. The third kappa shape index (κ3) is 7.27. The molecule has 3 aromatic heterocycles. The van der Waals surface area contributed by atoms with Crippen LogP contribution in [0.15, 0.2) is 67.0 Å². The standard InChI is InChI=1S/C39H42ClN7O5/c1-50-33-17-26(18-34(51-2)31(33)22-42-21-25-9-12-36(49)45-25)47-16-14-29-27(13-15-43-38(29)47)28-5-4-6-30(37(28)40)32-10-7-23(39(46-32)52-3)19-41-20-24-8-11-35(48)44-24/h4-7,10,13-18,24-25,41-42H,8-9,11-12,19-22H2,1-3H3,(H,44,48)(H,45,49)/t24-,25-/m0/s1. The van der Waals surface area contributed by atoms with E-state index in [4.69, 9.17) is 35.8 Å². The fraction of sp³-hybridized carbons (Fsp3) is 0.333. The lowest BCUT2D eigenvalue weighted by atomic mass is 9.99. The highest BCUT2D eigenvalue weighted by molar-refractivity contribution is 6.36. The lowest BCUT2D eigenvalue weighted by Crippen LogP contribution is -2.35. The number of amides is 2. The number of ether oxygens (including phenoxy) is 3. The summed E-state index contributed by atoms with van der Waals surface area (Å²) in [6, 6.07) is 18.1. The first kappa shape index (κ1) is 35.2. The monoisotopic (exact) mass is 723 g/mol. The van der Waals surface area contributed by atoms with Gasteiger partial charge in [0.25, 0.3) is 0 Å². The molecule has 2 atom stereocenters. The zero-order valence-corrected chi connectivity index (χ0v) is 30.2. The molecule has 2 aliphatic heterocycles. The molecule has 5 aromatic rings. The van der Waals surface area contributed by atoms with E-state index < -0.39 is 0 Å². The molecule has 0 bridgehead atoms. The number of hydrogen-bond acceptors (Lipinski definition) is 9. The van der Waals surface area contributed by atoms with Crippen LogP contribution in [0.5, 0.6) is 17.4 Å². The first-order valence-corrected chi connectivity index (χ1v) is 17.8. The molecule has 5 heterocycles. The highest BCUT2D eigenvalue weighted by Crippen LogP contribution is 2.40. The van der Waals surface area contributed by atoms with Crippen molar-refractivity contribution in [3.05, 3.63) is 83.1 Å². The molecular formula is C39H42ClN7O5. The number of aromatic nitrogens is 3. The van der Waals surface area contributed by atoms with Crippen molar-refractivity contribution in [1.29, 1.82) is 0 Å².